The van der Waals surface area contributed by atoms with E-state index in [0.717, 1.165) is 95.8 Å². The zero-order valence-electron chi connectivity index (χ0n) is 68.9. The maximum absolute atomic E-state index is 13.1. The van der Waals surface area contributed by atoms with Crippen LogP contribution >= 0.6 is 15.6 Å². The molecule has 0 aromatic rings. The minimum Gasteiger partial charge on any atom is -0.462 e. The number of rotatable bonds is 86. The fourth-order valence-electron chi connectivity index (χ4n) is 13.4. The van der Waals surface area contributed by atoms with Crippen molar-refractivity contribution in [1.82, 2.24) is 0 Å². The maximum atomic E-state index is 13.1. The smallest absolute Gasteiger partial charge is 0.462 e. The fraction of sp³-hybridized carbons (Fsp3) is 0.953. The molecule has 0 saturated carbocycles. The van der Waals surface area contributed by atoms with Crippen LogP contribution in [0.1, 0.15) is 465 Å². The lowest BCUT2D eigenvalue weighted by Gasteiger charge is -2.21. The number of unbranched alkanes of at least 4 members (excludes halogenated alkanes) is 57. The second kappa shape index (κ2) is 78.7. The van der Waals surface area contributed by atoms with E-state index >= 15 is 0 Å². The highest BCUT2D eigenvalue weighted by Gasteiger charge is 2.30. The molecule has 624 valence electrons. The molecule has 0 radical (unpaired) electrons. The van der Waals surface area contributed by atoms with Crippen LogP contribution in [0.15, 0.2) is 0 Å². The summed E-state index contributed by atoms with van der Waals surface area (Å²) in [4.78, 5) is 73.2. The third-order valence-corrected chi connectivity index (χ3v) is 22.5. The van der Waals surface area contributed by atoms with Gasteiger partial charge in [0.25, 0.3) is 0 Å². The van der Waals surface area contributed by atoms with Gasteiger partial charge in [-0.05, 0) is 31.6 Å². The molecule has 6 atom stereocenters. The molecule has 0 aliphatic rings. The highest BCUT2D eigenvalue weighted by Crippen LogP contribution is 2.45. The number of aliphatic hydroxyl groups is 1. The van der Waals surface area contributed by atoms with Gasteiger partial charge in [-0.2, -0.15) is 0 Å². The predicted molar refractivity (Wildman–Crippen MR) is 432 cm³/mol. The molecule has 0 spiro atoms. The highest BCUT2D eigenvalue weighted by molar-refractivity contribution is 7.47. The molecule has 0 saturated heterocycles. The molecule has 0 heterocycles. The Labute approximate surface area is 645 Å². The normalized spacial score (nSPS) is 14.0. The number of phosphoric ester groups is 2. The van der Waals surface area contributed by atoms with E-state index < -0.39 is 97.5 Å². The van der Waals surface area contributed by atoms with Crippen LogP contribution in [0.3, 0.4) is 0 Å². The Bertz CT molecular complexity index is 2000. The lowest BCUT2D eigenvalue weighted by atomic mass is 9.99. The topological polar surface area (TPSA) is 237 Å². The SMILES string of the molecule is CCCCCCCCCCCCCCCCCCCCCCC(=O)OC[C@H](COP(=O)(O)OC[C@@H](O)COP(=O)(O)OC[C@@H](COC(=O)CCCCCCCCCCCC)OC(=O)CCCCCCCCCCCCCCC)OC(=O)CCCCCCCCCCCCCCCCCCCCC(C)CC. The Morgan fingerprint density at radius 3 is 0.676 bits per heavy atom. The van der Waals surface area contributed by atoms with E-state index in [0.29, 0.717) is 25.7 Å². The third-order valence-electron chi connectivity index (χ3n) is 20.6. The standard InChI is InChI=1S/C86H168O17P2/c1-6-10-13-16-19-22-25-27-28-29-30-31-35-38-42-45-50-55-60-65-70-84(89)97-76-82(103-86(91)72-67-62-57-52-47-43-39-36-33-32-34-37-41-44-48-53-58-63-68-79(5)9-4)78-101-105(94,95)99-74-80(87)73-98-104(92,93)100-77-81(75-96-83(88)69-64-59-54-49-24-21-18-15-12-8-3)102-85(90)71-66-61-56-51-46-40-26-23-20-17-14-11-7-2/h79-82,87H,6-78H2,1-5H3,(H,92,93)(H,94,95)/t79?,80-,81+,82+/m0/s1. The molecule has 3 unspecified atom stereocenters. The number of aliphatic hydroxyl groups excluding tert-OH is 1. The lowest BCUT2D eigenvalue weighted by molar-refractivity contribution is -0.161. The van der Waals surface area contributed by atoms with Gasteiger partial charge in [0.15, 0.2) is 12.2 Å². The van der Waals surface area contributed by atoms with Crippen molar-refractivity contribution in [3.8, 4) is 0 Å². The zero-order chi connectivity index (χ0) is 76.9. The average molecular weight is 1540 g/mol. The minimum absolute atomic E-state index is 0.108. The monoisotopic (exact) mass is 1540 g/mol. The van der Waals surface area contributed by atoms with Crippen molar-refractivity contribution >= 4 is 39.5 Å². The summed E-state index contributed by atoms with van der Waals surface area (Å²) in [5, 5.41) is 10.7. The molecule has 0 aliphatic heterocycles. The van der Waals surface area contributed by atoms with E-state index in [1.165, 1.54) is 289 Å². The summed E-state index contributed by atoms with van der Waals surface area (Å²) >= 11 is 0. The van der Waals surface area contributed by atoms with Crippen LogP contribution in [0.5, 0.6) is 0 Å². The van der Waals surface area contributed by atoms with Crippen molar-refractivity contribution in [2.24, 2.45) is 5.92 Å². The molecule has 0 bridgehead atoms. The second-order valence-electron chi connectivity index (χ2n) is 31.2. The number of esters is 4. The summed E-state index contributed by atoms with van der Waals surface area (Å²) < 4.78 is 68.8. The van der Waals surface area contributed by atoms with Crippen molar-refractivity contribution < 1.29 is 80.2 Å². The van der Waals surface area contributed by atoms with E-state index in [-0.39, 0.29) is 25.7 Å². The van der Waals surface area contributed by atoms with E-state index in [4.69, 9.17) is 37.0 Å². The average Bonchev–Trinajstić information content (AvgIpc) is 0.957. The first-order chi connectivity index (χ1) is 51.1. The first-order valence-corrected chi connectivity index (χ1v) is 47.7. The molecular formula is C86H168O17P2. The Balaban J connectivity index is 5.20. The minimum atomic E-state index is -4.97. The Morgan fingerprint density at radius 1 is 0.267 bits per heavy atom. The summed E-state index contributed by atoms with van der Waals surface area (Å²) in [7, 11) is -9.92. The van der Waals surface area contributed by atoms with Gasteiger partial charge < -0.3 is 33.8 Å². The molecule has 105 heavy (non-hydrogen) atoms. The fourth-order valence-corrected chi connectivity index (χ4v) is 15.0. The first kappa shape index (κ1) is 103. The zero-order valence-corrected chi connectivity index (χ0v) is 70.7. The molecule has 0 amide bonds. The molecule has 0 aliphatic carbocycles. The number of phosphoric acid groups is 2. The molecule has 0 aromatic heterocycles. The van der Waals surface area contributed by atoms with Gasteiger partial charge in [-0.1, -0.05) is 413 Å². The van der Waals surface area contributed by atoms with E-state index in [9.17, 15) is 43.2 Å². The van der Waals surface area contributed by atoms with E-state index in [2.05, 4.69) is 34.6 Å². The van der Waals surface area contributed by atoms with Crippen LogP contribution in [-0.2, 0) is 65.4 Å². The van der Waals surface area contributed by atoms with Crippen molar-refractivity contribution in [2.45, 2.75) is 483 Å². The van der Waals surface area contributed by atoms with Gasteiger partial charge in [-0.3, -0.25) is 37.3 Å². The van der Waals surface area contributed by atoms with Crippen molar-refractivity contribution in [3.05, 3.63) is 0 Å². The van der Waals surface area contributed by atoms with Crippen molar-refractivity contribution in [3.63, 3.8) is 0 Å². The Morgan fingerprint density at radius 2 is 0.457 bits per heavy atom. The summed E-state index contributed by atoms with van der Waals surface area (Å²) in [5.41, 5.74) is 0. The van der Waals surface area contributed by atoms with Crippen LogP contribution in [0.25, 0.3) is 0 Å². The van der Waals surface area contributed by atoms with Crippen LogP contribution in [-0.4, -0.2) is 96.7 Å². The number of hydrogen-bond donors (Lipinski definition) is 3. The third kappa shape index (κ3) is 78.5. The van der Waals surface area contributed by atoms with Gasteiger partial charge >= 0.3 is 39.5 Å². The predicted octanol–water partition coefficient (Wildman–Crippen LogP) is 26.4. The van der Waals surface area contributed by atoms with Crippen LogP contribution in [0.2, 0.25) is 0 Å². The van der Waals surface area contributed by atoms with Crippen molar-refractivity contribution in [1.29, 1.82) is 0 Å². The quantitative estimate of drug-likeness (QED) is 0.0222. The summed E-state index contributed by atoms with van der Waals surface area (Å²) in [6.07, 6.45) is 72.2. The molecular weight excluding hydrogens is 1370 g/mol. The lowest BCUT2D eigenvalue weighted by Crippen LogP contribution is -2.30. The van der Waals surface area contributed by atoms with Gasteiger partial charge in [-0.15, -0.1) is 0 Å². The summed E-state index contributed by atoms with van der Waals surface area (Å²) in [6.45, 7) is 7.42. The number of ether oxygens (including phenoxy) is 4. The number of hydrogen-bond acceptors (Lipinski definition) is 15. The molecule has 0 aromatic carbocycles. The van der Waals surface area contributed by atoms with Crippen LogP contribution in [0.4, 0.5) is 0 Å². The Hall–Kier alpha value is -1.94. The molecule has 0 fully saturated rings. The molecule has 0 rings (SSSR count). The first-order valence-electron chi connectivity index (χ1n) is 44.7. The molecule has 17 nitrogen and oxygen atoms in total. The van der Waals surface area contributed by atoms with Crippen LogP contribution in [0, 0.1) is 5.92 Å². The second-order valence-corrected chi connectivity index (χ2v) is 34.1. The van der Waals surface area contributed by atoms with Crippen LogP contribution < -0.4 is 0 Å². The maximum Gasteiger partial charge on any atom is 0.472 e. The van der Waals surface area contributed by atoms with Gasteiger partial charge in [-0.25, -0.2) is 9.13 Å². The Kier molecular flexibility index (Phi) is 77.3. The van der Waals surface area contributed by atoms with E-state index in [1.54, 1.807) is 0 Å². The highest BCUT2D eigenvalue weighted by atomic mass is 31.2. The van der Waals surface area contributed by atoms with Gasteiger partial charge in [0.2, 0.25) is 0 Å². The summed E-state index contributed by atoms with van der Waals surface area (Å²) in [5.74, 6) is -1.23. The number of carbonyl (C=O) groups is 4. The molecule has 3 N–H and O–H groups in total. The number of carbonyl (C=O) groups excluding carboxylic acids is 4. The largest absolute Gasteiger partial charge is 0.472 e. The van der Waals surface area contributed by atoms with Gasteiger partial charge in [0.1, 0.15) is 19.3 Å². The van der Waals surface area contributed by atoms with Gasteiger partial charge in [0.05, 0.1) is 26.4 Å². The molecule has 19 heteroatoms. The van der Waals surface area contributed by atoms with E-state index in [1.807, 2.05) is 0 Å². The summed E-state index contributed by atoms with van der Waals surface area (Å²) in [6, 6.07) is 0. The van der Waals surface area contributed by atoms with Crippen molar-refractivity contribution in [2.75, 3.05) is 39.6 Å². The van der Waals surface area contributed by atoms with Gasteiger partial charge in [0, 0.05) is 25.7 Å².